The van der Waals surface area contributed by atoms with Crippen molar-refractivity contribution < 1.29 is 5.11 Å². The fraction of sp³-hybridized carbons (Fsp3) is 0.231. The van der Waals surface area contributed by atoms with E-state index in [1.165, 1.54) is 8.45 Å². The van der Waals surface area contributed by atoms with Crippen LogP contribution in [0.3, 0.4) is 0 Å². The van der Waals surface area contributed by atoms with Gasteiger partial charge in [0.1, 0.15) is 0 Å². The Bertz CT molecular complexity index is 445. The van der Waals surface area contributed by atoms with Crippen molar-refractivity contribution in [2.24, 2.45) is 0 Å². The monoisotopic (exact) mass is 344 g/mol. The highest BCUT2D eigenvalue weighted by Crippen LogP contribution is 2.27. The molecule has 0 aliphatic rings. The van der Waals surface area contributed by atoms with Crippen molar-refractivity contribution in [2.45, 2.75) is 18.9 Å². The molecule has 16 heavy (non-hydrogen) atoms. The van der Waals surface area contributed by atoms with Crippen LogP contribution in [-0.4, -0.2) is 5.11 Å². The van der Waals surface area contributed by atoms with Gasteiger partial charge in [0.05, 0.1) is 5.60 Å². The lowest BCUT2D eigenvalue weighted by molar-refractivity contribution is 0.0585. The number of halogens is 1. The molecule has 3 heteroatoms. The second-order valence-electron chi connectivity index (χ2n) is 4.04. The molecule has 1 atom stereocenters. The van der Waals surface area contributed by atoms with E-state index in [0.29, 0.717) is 6.42 Å². The molecule has 0 fully saturated rings. The zero-order valence-electron chi connectivity index (χ0n) is 8.98. The lowest BCUT2D eigenvalue weighted by Gasteiger charge is -2.23. The highest BCUT2D eigenvalue weighted by Gasteiger charge is 2.23. The van der Waals surface area contributed by atoms with Gasteiger partial charge in [-0.15, -0.1) is 11.3 Å². The SMILES string of the molecule is CC(O)(Cc1cccs1)c1ccc(I)cc1. The molecule has 0 aliphatic carbocycles. The van der Waals surface area contributed by atoms with E-state index in [-0.39, 0.29) is 0 Å². The van der Waals surface area contributed by atoms with Crippen LogP contribution in [0.5, 0.6) is 0 Å². The summed E-state index contributed by atoms with van der Waals surface area (Å²) in [5.41, 5.74) is 0.191. The molecule has 0 amide bonds. The Morgan fingerprint density at radius 2 is 1.94 bits per heavy atom. The smallest absolute Gasteiger partial charge is 0.0916 e. The second kappa shape index (κ2) is 4.85. The van der Waals surface area contributed by atoms with Gasteiger partial charge < -0.3 is 5.11 Å². The van der Waals surface area contributed by atoms with Gasteiger partial charge in [-0.2, -0.15) is 0 Å². The fourth-order valence-electron chi connectivity index (χ4n) is 1.66. The summed E-state index contributed by atoms with van der Waals surface area (Å²) in [4.78, 5) is 1.21. The fourth-order valence-corrected chi connectivity index (χ4v) is 2.88. The molecule has 0 radical (unpaired) electrons. The number of hydrogen-bond acceptors (Lipinski definition) is 2. The van der Waals surface area contributed by atoms with E-state index in [1.807, 2.05) is 42.6 Å². The predicted molar refractivity (Wildman–Crippen MR) is 76.8 cm³/mol. The van der Waals surface area contributed by atoms with Gasteiger partial charge in [0.25, 0.3) is 0 Å². The van der Waals surface area contributed by atoms with Crippen LogP contribution >= 0.6 is 33.9 Å². The molecule has 1 aromatic heterocycles. The van der Waals surface area contributed by atoms with Crippen LogP contribution < -0.4 is 0 Å². The maximum Gasteiger partial charge on any atom is 0.0916 e. The van der Waals surface area contributed by atoms with Crippen LogP contribution in [0.2, 0.25) is 0 Å². The van der Waals surface area contributed by atoms with E-state index in [4.69, 9.17) is 0 Å². The van der Waals surface area contributed by atoms with Crippen LogP contribution in [0.4, 0.5) is 0 Å². The predicted octanol–water partition coefficient (Wildman–Crippen LogP) is 3.80. The average Bonchev–Trinajstić information content (AvgIpc) is 2.70. The summed E-state index contributed by atoms with van der Waals surface area (Å²) in [5.74, 6) is 0. The van der Waals surface area contributed by atoms with Gasteiger partial charge in [-0.3, -0.25) is 0 Å². The first-order chi connectivity index (χ1) is 7.58. The molecule has 2 rings (SSSR count). The van der Waals surface area contributed by atoms with Crippen LogP contribution in [0, 0.1) is 3.57 Å². The van der Waals surface area contributed by atoms with Crippen LogP contribution in [0.15, 0.2) is 41.8 Å². The minimum Gasteiger partial charge on any atom is -0.385 e. The molecule has 1 nitrogen and oxygen atoms in total. The third-order valence-electron chi connectivity index (χ3n) is 2.56. The third-order valence-corrected chi connectivity index (χ3v) is 4.16. The minimum atomic E-state index is -0.783. The summed E-state index contributed by atoms with van der Waals surface area (Å²) in [6.07, 6.45) is 0.672. The first-order valence-corrected chi connectivity index (χ1v) is 7.04. The summed E-state index contributed by atoms with van der Waals surface area (Å²) in [7, 11) is 0. The molecular weight excluding hydrogens is 331 g/mol. The van der Waals surface area contributed by atoms with E-state index in [1.54, 1.807) is 11.3 Å². The molecule has 0 bridgehead atoms. The summed E-state index contributed by atoms with van der Waals surface area (Å²) in [6.45, 7) is 1.87. The van der Waals surface area contributed by atoms with Crippen molar-refractivity contribution in [1.29, 1.82) is 0 Å². The molecule has 0 spiro atoms. The number of aliphatic hydroxyl groups is 1. The maximum atomic E-state index is 10.5. The van der Waals surface area contributed by atoms with Gasteiger partial charge in [0, 0.05) is 14.9 Å². The van der Waals surface area contributed by atoms with Crippen molar-refractivity contribution in [1.82, 2.24) is 0 Å². The Morgan fingerprint density at radius 1 is 1.25 bits per heavy atom. The van der Waals surface area contributed by atoms with Gasteiger partial charge in [-0.05, 0) is 58.7 Å². The van der Waals surface area contributed by atoms with E-state index in [2.05, 4.69) is 28.7 Å². The average molecular weight is 344 g/mol. The Kier molecular flexibility index (Phi) is 3.66. The van der Waals surface area contributed by atoms with Gasteiger partial charge in [0.2, 0.25) is 0 Å². The van der Waals surface area contributed by atoms with Crippen LogP contribution in [0.25, 0.3) is 0 Å². The normalized spacial score (nSPS) is 14.7. The minimum absolute atomic E-state index is 0.672. The lowest BCUT2D eigenvalue weighted by atomic mass is 9.92. The molecule has 0 aliphatic heterocycles. The lowest BCUT2D eigenvalue weighted by Crippen LogP contribution is -2.23. The Labute approximate surface area is 113 Å². The largest absolute Gasteiger partial charge is 0.385 e. The molecule has 1 unspecified atom stereocenters. The molecule has 0 saturated heterocycles. The van der Waals surface area contributed by atoms with Crippen LogP contribution in [-0.2, 0) is 12.0 Å². The number of thiophene rings is 1. The van der Waals surface area contributed by atoms with E-state index >= 15 is 0 Å². The molecule has 1 aromatic carbocycles. The summed E-state index contributed by atoms with van der Waals surface area (Å²) < 4.78 is 1.19. The molecular formula is C13H13IOS. The van der Waals surface area contributed by atoms with Crippen molar-refractivity contribution >= 4 is 33.9 Å². The second-order valence-corrected chi connectivity index (χ2v) is 6.31. The van der Waals surface area contributed by atoms with E-state index in [9.17, 15) is 5.11 Å². The summed E-state index contributed by atoms with van der Waals surface area (Å²) in [5, 5.41) is 12.5. The standard InChI is InChI=1S/C13H13IOS/c1-13(15,9-12-3-2-8-16-12)10-4-6-11(14)7-5-10/h2-8,15H,9H2,1H3. The van der Waals surface area contributed by atoms with Crippen molar-refractivity contribution in [3.63, 3.8) is 0 Å². The van der Waals surface area contributed by atoms with Gasteiger partial charge in [-0.25, -0.2) is 0 Å². The van der Waals surface area contributed by atoms with Gasteiger partial charge >= 0.3 is 0 Å². The molecule has 1 N–H and O–H groups in total. The topological polar surface area (TPSA) is 20.2 Å². The number of rotatable bonds is 3. The summed E-state index contributed by atoms with van der Waals surface area (Å²) >= 11 is 3.95. The Balaban J connectivity index is 2.21. The Hall–Kier alpha value is -0.390. The zero-order valence-corrected chi connectivity index (χ0v) is 12.0. The highest BCUT2D eigenvalue weighted by atomic mass is 127. The first kappa shape index (κ1) is 12.1. The van der Waals surface area contributed by atoms with Crippen LogP contribution in [0.1, 0.15) is 17.4 Å². The van der Waals surface area contributed by atoms with E-state index < -0.39 is 5.60 Å². The van der Waals surface area contributed by atoms with Crippen molar-refractivity contribution in [3.05, 3.63) is 55.8 Å². The Morgan fingerprint density at radius 3 is 2.50 bits per heavy atom. The van der Waals surface area contributed by atoms with Gasteiger partial charge in [0.15, 0.2) is 0 Å². The maximum absolute atomic E-state index is 10.5. The van der Waals surface area contributed by atoms with E-state index in [0.717, 1.165) is 5.56 Å². The zero-order chi connectivity index (χ0) is 11.6. The third kappa shape index (κ3) is 2.84. The van der Waals surface area contributed by atoms with Crippen molar-refractivity contribution in [3.8, 4) is 0 Å². The van der Waals surface area contributed by atoms with Gasteiger partial charge in [-0.1, -0.05) is 18.2 Å². The number of benzene rings is 1. The number of hydrogen-bond donors (Lipinski definition) is 1. The molecule has 1 heterocycles. The molecule has 0 saturated carbocycles. The highest BCUT2D eigenvalue weighted by molar-refractivity contribution is 14.1. The molecule has 2 aromatic rings. The quantitative estimate of drug-likeness (QED) is 0.840. The summed E-state index contributed by atoms with van der Waals surface area (Å²) in [6, 6.07) is 12.1. The van der Waals surface area contributed by atoms with Crippen molar-refractivity contribution in [2.75, 3.05) is 0 Å². The molecule has 84 valence electrons. The first-order valence-electron chi connectivity index (χ1n) is 5.09.